The maximum Gasteiger partial charge on any atom is 0.206 e. The number of anilines is 1. The lowest BCUT2D eigenvalue weighted by molar-refractivity contribution is 0.333. The first-order valence-electron chi connectivity index (χ1n) is 6.24. The van der Waals surface area contributed by atoms with Gasteiger partial charge in [0.1, 0.15) is 6.61 Å². The van der Waals surface area contributed by atoms with Crippen molar-refractivity contribution < 1.29 is 18.3 Å². The van der Waals surface area contributed by atoms with E-state index in [0.29, 0.717) is 11.3 Å². The molecule has 0 aliphatic carbocycles. The van der Waals surface area contributed by atoms with Crippen LogP contribution in [0.3, 0.4) is 0 Å². The Labute approximate surface area is 122 Å². The van der Waals surface area contributed by atoms with Crippen LogP contribution < -0.4 is 10.5 Å². The fraction of sp³-hybridized carbons (Fsp3) is 0.0667. The predicted molar refractivity (Wildman–Crippen MR) is 79.6 cm³/mol. The van der Waals surface area contributed by atoms with Gasteiger partial charge in [-0.1, -0.05) is 18.2 Å². The molecule has 21 heavy (non-hydrogen) atoms. The number of hydrogen-bond acceptors (Lipinski definition) is 5. The number of benzene rings is 2. The average molecular weight is 303 g/mol. The summed E-state index contributed by atoms with van der Waals surface area (Å²) < 4.78 is 30.1. The number of ether oxygens (including phenoxy) is 1. The van der Waals surface area contributed by atoms with E-state index in [4.69, 9.17) is 10.5 Å². The van der Waals surface area contributed by atoms with E-state index in [1.54, 1.807) is 36.4 Å². The second kappa shape index (κ2) is 4.82. The molecule has 1 aliphatic rings. The van der Waals surface area contributed by atoms with Crippen LogP contribution in [0.2, 0.25) is 0 Å². The summed E-state index contributed by atoms with van der Waals surface area (Å²) in [5.74, 6) is 0.208. The van der Waals surface area contributed by atoms with Gasteiger partial charge in [0, 0.05) is 5.69 Å². The van der Waals surface area contributed by atoms with Crippen molar-refractivity contribution >= 4 is 21.6 Å². The van der Waals surface area contributed by atoms with Crippen LogP contribution in [0.15, 0.2) is 52.3 Å². The second-order valence-corrected chi connectivity index (χ2v) is 6.64. The summed E-state index contributed by atoms with van der Waals surface area (Å²) in [7, 11) is -3.58. The van der Waals surface area contributed by atoms with Crippen LogP contribution in [-0.4, -0.2) is 20.1 Å². The zero-order chi connectivity index (χ0) is 15.0. The molecule has 0 amide bonds. The molecule has 0 saturated carbocycles. The minimum atomic E-state index is -3.58. The van der Waals surface area contributed by atoms with E-state index in [9.17, 15) is 13.5 Å². The molecule has 3 N–H and O–H groups in total. The molecule has 0 aromatic heterocycles. The van der Waals surface area contributed by atoms with Crippen molar-refractivity contribution in [3.8, 4) is 11.5 Å². The molecule has 0 atom stereocenters. The van der Waals surface area contributed by atoms with E-state index in [2.05, 4.69) is 0 Å². The quantitative estimate of drug-likeness (QED) is 0.848. The number of rotatable bonds is 3. The van der Waals surface area contributed by atoms with Gasteiger partial charge in [-0.25, -0.2) is 8.42 Å². The maximum absolute atomic E-state index is 12.4. The van der Waals surface area contributed by atoms with E-state index < -0.39 is 9.84 Å². The van der Waals surface area contributed by atoms with Crippen LogP contribution in [0.25, 0.3) is 6.08 Å². The van der Waals surface area contributed by atoms with Crippen LogP contribution >= 0.6 is 0 Å². The third kappa shape index (κ3) is 2.34. The molecule has 3 rings (SSSR count). The Hall–Kier alpha value is -2.47. The average Bonchev–Trinajstić information content (AvgIpc) is 2.69. The highest BCUT2D eigenvalue weighted by atomic mass is 32.2. The molecule has 0 unspecified atom stereocenters. The van der Waals surface area contributed by atoms with Gasteiger partial charge in [0.2, 0.25) is 9.84 Å². The molecule has 108 valence electrons. The number of nitrogen functional groups attached to an aromatic ring is 1. The summed E-state index contributed by atoms with van der Waals surface area (Å²) in [4.78, 5) is 0.338. The highest BCUT2D eigenvalue weighted by molar-refractivity contribution is 7.95. The van der Waals surface area contributed by atoms with E-state index >= 15 is 0 Å². The first kappa shape index (κ1) is 13.5. The van der Waals surface area contributed by atoms with Crippen molar-refractivity contribution in [3.63, 3.8) is 0 Å². The van der Waals surface area contributed by atoms with Crippen molar-refractivity contribution in [2.24, 2.45) is 0 Å². The van der Waals surface area contributed by atoms with Gasteiger partial charge >= 0.3 is 0 Å². The lowest BCUT2D eigenvalue weighted by Gasteiger charge is -2.08. The molecule has 0 saturated heterocycles. The van der Waals surface area contributed by atoms with E-state index in [1.807, 2.05) is 0 Å². The maximum atomic E-state index is 12.4. The molecule has 0 radical (unpaired) electrons. The Bertz CT molecular complexity index is 841. The summed E-state index contributed by atoms with van der Waals surface area (Å²) >= 11 is 0. The summed E-state index contributed by atoms with van der Waals surface area (Å²) in [6.07, 6.45) is 1.56. The third-order valence-corrected chi connectivity index (χ3v) is 5.08. The van der Waals surface area contributed by atoms with E-state index in [-0.39, 0.29) is 27.9 Å². The first-order chi connectivity index (χ1) is 9.98. The number of hydrogen-bond donors (Lipinski definition) is 2. The number of para-hydroxylation sites is 2. The summed E-state index contributed by atoms with van der Waals surface area (Å²) in [6.45, 7) is -0.144. The fourth-order valence-corrected chi connectivity index (χ4v) is 3.65. The zero-order valence-electron chi connectivity index (χ0n) is 11.0. The second-order valence-electron chi connectivity index (χ2n) is 4.67. The molecule has 0 fully saturated rings. The predicted octanol–water partition coefficient (Wildman–Crippen LogP) is 2.18. The molecule has 2 aromatic rings. The Morgan fingerprint density at radius 2 is 1.90 bits per heavy atom. The van der Waals surface area contributed by atoms with Gasteiger partial charge in [-0.05, 0) is 35.9 Å². The largest absolute Gasteiger partial charge is 0.504 e. The Balaban J connectivity index is 1.87. The molecular weight excluding hydrogens is 290 g/mol. The van der Waals surface area contributed by atoms with Gasteiger partial charge in [0.15, 0.2) is 11.5 Å². The van der Waals surface area contributed by atoms with Crippen LogP contribution in [0.4, 0.5) is 5.69 Å². The van der Waals surface area contributed by atoms with Crippen LogP contribution in [0, 0.1) is 0 Å². The van der Waals surface area contributed by atoms with Crippen molar-refractivity contribution in [1.29, 1.82) is 0 Å². The van der Waals surface area contributed by atoms with Crippen molar-refractivity contribution in [2.45, 2.75) is 4.90 Å². The van der Waals surface area contributed by atoms with Gasteiger partial charge in [0.25, 0.3) is 0 Å². The fourth-order valence-electron chi connectivity index (χ4n) is 2.14. The lowest BCUT2D eigenvalue weighted by atomic mass is 10.2. The van der Waals surface area contributed by atoms with Crippen LogP contribution in [0.1, 0.15) is 5.56 Å². The number of phenols is 1. The van der Waals surface area contributed by atoms with Gasteiger partial charge in [0.05, 0.1) is 9.80 Å². The smallest absolute Gasteiger partial charge is 0.206 e. The van der Waals surface area contributed by atoms with Crippen molar-refractivity contribution in [3.05, 3.63) is 52.9 Å². The molecule has 5 nitrogen and oxygen atoms in total. The highest BCUT2D eigenvalue weighted by Gasteiger charge is 2.30. The number of sulfone groups is 1. The molecular formula is C15H13NO4S. The lowest BCUT2D eigenvalue weighted by Crippen LogP contribution is -2.09. The molecule has 1 aliphatic heterocycles. The Morgan fingerprint density at radius 3 is 2.67 bits per heavy atom. The minimum Gasteiger partial charge on any atom is -0.504 e. The van der Waals surface area contributed by atoms with E-state index in [1.165, 1.54) is 12.1 Å². The third-order valence-electron chi connectivity index (χ3n) is 3.22. The molecule has 1 heterocycles. The SMILES string of the molecule is Nc1ccc2c(c1)S(=O)(=O)C(COc1ccccc1O)=C2. The molecule has 6 heteroatoms. The summed E-state index contributed by atoms with van der Waals surface area (Å²) in [6, 6.07) is 11.2. The standard InChI is InChI=1S/C15H13NO4S/c16-11-6-5-10-7-12(21(18,19)15(10)8-11)9-20-14-4-2-1-3-13(14)17/h1-8,17H,9,16H2. The molecule has 0 bridgehead atoms. The van der Waals surface area contributed by atoms with Crippen molar-refractivity contribution in [2.75, 3.05) is 12.3 Å². The van der Waals surface area contributed by atoms with Crippen molar-refractivity contribution in [1.82, 2.24) is 0 Å². The number of nitrogens with two attached hydrogens (primary N) is 1. The number of aromatic hydroxyl groups is 1. The Morgan fingerprint density at radius 1 is 1.14 bits per heavy atom. The van der Waals surface area contributed by atoms with Crippen LogP contribution in [0.5, 0.6) is 11.5 Å². The first-order valence-corrected chi connectivity index (χ1v) is 7.73. The normalized spacial score (nSPS) is 15.3. The Kier molecular flexibility index (Phi) is 3.10. The molecule has 0 spiro atoms. The number of fused-ring (bicyclic) bond motifs is 1. The topological polar surface area (TPSA) is 89.6 Å². The van der Waals surface area contributed by atoms with E-state index in [0.717, 1.165) is 0 Å². The monoisotopic (exact) mass is 303 g/mol. The number of phenolic OH excluding ortho intramolecular Hbond substituents is 1. The van der Waals surface area contributed by atoms with Gasteiger partial charge in [-0.2, -0.15) is 0 Å². The van der Waals surface area contributed by atoms with Gasteiger partial charge in [-0.3, -0.25) is 0 Å². The zero-order valence-corrected chi connectivity index (χ0v) is 11.8. The van der Waals surface area contributed by atoms with Gasteiger partial charge in [-0.15, -0.1) is 0 Å². The molecule has 2 aromatic carbocycles. The minimum absolute atomic E-state index is 0.0322. The van der Waals surface area contributed by atoms with Crippen LogP contribution in [-0.2, 0) is 9.84 Å². The van der Waals surface area contributed by atoms with Gasteiger partial charge < -0.3 is 15.6 Å². The highest BCUT2D eigenvalue weighted by Crippen LogP contribution is 2.35. The summed E-state index contributed by atoms with van der Waals surface area (Å²) in [5, 5.41) is 9.61. The summed E-state index contributed by atoms with van der Waals surface area (Å²) in [5.41, 5.74) is 6.62.